The van der Waals surface area contributed by atoms with Crippen LogP contribution in [0.3, 0.4) is 0 Å². The number of esters is 4. The van der Waals surface area contributed by atoms with Crippen LogP contribution in [0.2, 0.25) is 18.1 Å². The molecule has 3 aliphatic rings. The van der Waals surface area contributed by atoms with Gasteiger partial charge in [0, 0.05) is 52.1 Å². The molecule has 0 radical (unpaired) electrons. The molecule has 0 saturated heterocycles. The van der Waals surface area contributed by atoms with Crippen LogP contribution >= 0.6 is 0 Å². The summed E-state index contributed by atoms with van der Waals surface area (Å²) in [6, 6.07) is 0. The Hall–Kier alpha value is -2.24. The molecule has 0 heterocycles. The second-order valence-electron chi connectivity index (χ2n) is 15.8. The average Bonchev–Trinajstić information content (AvgIpc) is 2.85. The highest BCUT2D eigenvalue weighted by atomic mass is 28.4. The normalized spacial score (nSPS) is 34.9. The summed E-state index contributed by atoms with van der Waals surface area (Å²) in [7, 11) is -2.25. The van der Waals surface area contributed by atoms with Crippen LogP contribution in [0.5, 0.6) is 0 Å². The third kappa shape index (κ3) is 7.35. The molecule has 10 nitrogen and oxygen atoms in total. The summed E-state index contributed by atoms with van der Waals surface area (Å²) in [6.45, 7) is 24.3. The van der Waals surface area contributed by atoms with Crippen molar-refractivity contribution >= 4 is 32.2 Å². The van der Waals surface area contributed by atoms with Crippen molar-refractivity contribution in [2.24, 2.45) is 28.6 Å². The Balaban J connectivity index is 2.37. The maximum Gasteiger partial charge on any atom is 0.303 e. The van der Waals surface area contributed by atoms with E-state index < -0.39 is 85.4 Å². The van der Waals surface area contributed by atoms with E-state index in [1.165, 1.54) is 27.7 Å². The monoisotopic (exact) mass is 652 g/mol. The van der Waals surface area contributed by atoms with Gasteiger partial charge in [-0.1, -0.05) is 41.5 Å². The van der Waals surface area contributed by atoms with E-state index in [0.717, 1.165) is 11.1 Å². The van der Waals surface area contributed by atoms with Crippen LogP contribution in [0, 0.1) is 28.6 Å². The fraction of sp³-hybridized carbons (Fsp3) is 0.824. The van der Waals surface area contributed by atoms with Gasteiger partial charge in [0.1, 0.15) is 12.2 Å². The van der Waals surface area contributed by atoms with Gasteiger partial charge < -0.3 is 28.5 Å². The zero-order chi connectivity index (χ0) is 34.4. The van der Waals surface area contributed by atoms with Crippen LogP contribution in [-0.4, -0.2) is 74.4 Å². The van der Waals surface area contributed by atoms with E-state index >= 15 is 0 Å². The summed E-state index contributed by atoms with van der Waals surface area (Å²) in [5.74, 6) is -3.02. The van der Waals surface area contributed by atoms with Crippen molar-refractivity contribution in [1.82, 2.24) is 0 Å². The van der Waals surface area contributed by atoms with Crippen LogP contribution in [0.4, 0.5) is 0 Å². The standard InChI is InChI=1S/C34H56O10Si/c1-18-27(41-19(2)35)15-23-14-25-24(17-40-45(12,13)32(6,7)8)26(39)16-28(42-20(3)36)34(25,11)31(44-22(5)38)30(43-21(4)37)29(18)33(23,9)10/h23-28,30-31,39H,14-17H2,1-13H3/t23-,24+,25-,26+,27+,28+,30-,31+,34+/m1/s1. The lowest BCUT2D eigenvalue weighted by Crippen LogP contribution is -2.66. The molecule has 3 aliphatic carbocycles. The largest absolute Gasteiger partial charge is 0.462 e. The van der Waals surface area contributed by atoms with E-state index in [0.29, 0.717) is 12.8 Å². The van der Waals surface area contributed by atoms with Gasteiger partial charge in [0.25, 0.3) is 0 Å². The molecule has 45 heavy (non-hydrogen) atoms. The highest BCUT2D eigenvalue weighted by Crippen LogP contribution is 2.61. The van der Waals surface area contributed by atoms with Gasteiger partial charge in [-0.05, 0) is 66.3 Å². The van der Waals surface area contributed by atoms with E-state index in [4.69, 9.17) is 23.4 Å². The maximum absolute atomic E-state index is 12.9. The van der Waals surface area contributed by atoms with Gasteiger partial charge in [-0.15, -0.1) is 0 Å². The number of ether oxygens (including phenoxy) is 4. The fourth-order valence-electron chi connectivity index (χ4n) is 7.96. The van der Waals surface area contributed by atoms with Crippen molar-refractivity contribution in [3.63, 3.8) is 0 Å². The molecular weight excluding hydrogens is 596 g/mol. The molecule has 1 N–H and O–H groups in total. The smallest absolute Gasteiger partial charge is 0.303 e. The van der Waals surface area contributed by atoms with Gasteiger partial charge in [-0.25, -0.2) is 0 Å². The van der Waals surface area contributed by atoms with Crippen molar-refractivity contribution in [2.45, 2.75) is 144 Å². The molecule has 2 saturated carbocycles. The van der Waals surface area contributed by atoms with Crippen molar-refractivity contribution in [1.29, 1.82) is 0 Å². The third-order valence-electron chi connectivity index (χ3n) is 11.4. The summed E-state index contributed by atoms with van der Waals surface area (Å²) in [4.78, 5) is 50.5. The number of fused-ring (bicyclic) bond motifs is 3. The summed E-state index contributed by atoms with van der Waals surface area (Å²) >= 11 is 0. The predicted molar refractivity (Wildman–Crippen MR) is 170 cm³/mol. The molecule has 0 aliphatic heterocycles. The molecular formula is C34H56O10Si. The van der Waals surface area contributed by atoms with Crippen LogP contribution in [0.15, 0.2) is 11.1 Å². The fourth-order valence-corrected chi connectivity index (χ4v) is 9.01. The van der Waals surface area contributed by atoms with Gasteiger partial charge in [0.05, 0.1) is 6.10 Å². The lowest BCUT2D eigenvalue weighted by molar-refractivity contribution is -0.232. The van der Waals surface area contributed by atoms with E-state index in [1.54, 1.807) is 0 Å². The van der Waals surface area contributed by atoms with Gasteiger partial charge in [-0.2, -0.15) is 0 Å². The van der Waals surface area contributed by atoms with Gasteiger partial charge >= 0.3 is 23.9 Å². The second-order valence-corrected chi connectivity index (χ2v) is 20.6. The Morgan fingerprint density at radius 2 is 1.38 bits per heavy atom. The lowest BCUT2D eigenvalue weighted by Gasteiger charge is -2.61. The zero-order valence-electron chi connectivity index (χ0n) is 29.6. The lowest BCUT2D eigenvalue weighted by atomic mass is 9.48. The van der Waals surface area contributed by atoms with E-state index in [-0.39, 0.29) is 24.0 Å². The number of carbonyl (C=O) groups is 4. The van der Waals surface area contributed by atoms with Crippen LogP contribution < -0.4 is 0 Å². The Morgan fingerprint density at radius 3 is 1.87 bits per heavy atom. The molecule has 0 spiro atoms. The SMILES string of the molecule is CC(=O)O[C@H]1C[C@H]2C[C@@H]3[C@H](CO[Si](C)(C)C(C)(C)C)[C@@H](O)C[C@H](OC(C)=O)[C@@]3(C)[C@@H](OC(C)=O)[C@H](OC(C)=O)C(=C1C)C2(C)C. The molecule has 9 atom stereocenters. The molecule has 0 aromatic carbocycles. The number of hydrogen-bond acceptors (Lipinski definition) is 10. The third-order valence-corrected chi connectivity index (χ3v) is 15.9. The molecule has 0 unspecified atom stereocenters. The summed E-state index contributed by atoms with van der Waals surface area (Å²) < 4.78 is 30.9. The molecule has 256 valence electrons. The minimum Gasteiger partial charge on any atom is -0.462 e. The van der Waals surface area contributed by atoms with Crippen molar-refractivity contribution in [2.75, 3.05) is 6.61 Å². The van der Waals surface area contributed by atoms with Crippen molar-refractivity contribution < 1.29 is 47.7 Å². The van der Waals surface area contributed by atoms with E-state index in [1.807, 2.05) is 13.8 Å². The highest BCUT2D eigenvalue weighted by molar-refractivity contribution is 6.74. The summed E-state index contributed by atoms with van der Waals surface area (Å²) in [5, 5.41) is 11.7. The van der Waals surface area contributed by atoms with Crippen molar-refractivity contribution in [3.8, 4) is 0 Å². The number of carbonyl (C=O) groups excluding carboxylic acids is 4. The van der Waals surface area contributed by atoms with Crippen LogP contribution in [0.1, 0.15) is 95.4 Å². The van der Waals surface area contributed by atoms with Crippen LogP contribution in [0.25, 0.3) is 0 Å². The molecule has 2 bridgehead atoms. The number of aliphatic hydroxyl groups excluding tert-OH is 1. The molecule has 2 fully saturated rings. The molecule has 0 aromatic heterocycles. The highest BCUT2D eigenvalue weighted by Gasteiger charge is 2.65. The Morgan fingerprint density at radius 1 is 0.844 bits per heavy atom. The Kier molecular flexibility index (Phi) is 10.8. The first kappa shape index (κ1) is 37.2. The quantitative estimate of drug-likeness (QED) is 0.162. The Bertz CT molecular complexity index is 1200. The van der Waals surface area contributed by atoms with E-state index in [9.17, 15) is 24.3 Å². The topological polar surface area (TPSA) is 135 Å². The number of aliphatic hydroxyl groups is 1. The first-order valence-corrected chi connectivity index (χ1v) is 19.1. The predicted octanol–water partition coefficient (Wildman–Crippen LogP) is 5.50. The zero-order valence-corrected chi connectivity index (χ0v) is 30.6. The first-order valence-electron chi connectivity index (χ1n) is 16.2. The average molecular weight is 653 g/mol. The Labute approximate surface area is 270 Å². The minimum atomic E-state index is -2.25. The van der Waals surface area contributed by atoms with Gasteiger partial charge in [0.15, 0.2) is 20.5 Å². The van der Waals surface area contributed by atoms with E-state index in [2.05, 4.69) is 47.7 Å². The molecule has 0 amide bonds. The van der Waals surface area contributed by atoms with Gasteiger partial charge in [0.2, 0.25) is 0 Å². The number of hydrogen-bond donors (Lipinski definition) is 1. The van der Waals surface area contributed by atoms with Crippen molar-refractivity contribution in [3.05, 3.63) is 11.1 Å². The second kappa shape index (κ2) is 13.1. The summed E-state index contributed by atoms with van der Waals surface area (Å²) in [5.41, 5.74) is -0.195. The van der Waals surface area contributed by atoms with Gasteiger partial charge in [-0.3, -0.25) is 19.2 Å². The summed E-state index contributed by atoms with van der Waals surface area (Å²) in [6.07, 6.45) is -3.31. The maximum atomic E-state index is 12.9. The number of rotatable bonds is 7. The molecule has 3 rings (SSSR count). The molecule has 11 heteroatoms. The molecule has 0 aromatic rings. The first-order chi connectivity index (χ1) is 20.4. The minimum absolute atomic E-state index is 0.0718. The van der Waals surface area contributed by atoms with Crippen LogP contribution in [-0.2, 0) is 42.6 Å².